The number of hydrogen-bond acceptors (Lipinski definition) is 1. The van der Waals surface area contributed by atoms with Gasteiger partial charge in [-0.2, -0.15) is 0 Å². The monoisotopic (exact) mass is 918 g/mol. The van der Waals surface area contributed by atoms with Gasteiger partial charge in [0.05, 0.1) is 16.4 Å². The third-order valence-corrected chi connectivity index (χ3v) is 15.9. The Bertz CT molecular complexity index is 4010. The Balaban J connectivity index is 0.839. The number of anilines is 3. The average Bonchev–Trinajstić information content (AvgIpc) is 4.02. The standard InChI is InChI=1S/C70H50N2/c1-69(2)63-30-15-12-28-58(63)61-45-55(39-41-64(61)69)71(53-25-10-5-11-26-53)54-36-33-47(34-37-54)48-19-18-20-49(43-48)50-35-42-68-62(44-50)60-29-14-17-32-67(60)72(68)56-38-40-59-57-27-13-16-31-65(57)70(66(59)46-56,51-21-6-3-7-22-51)52-23-8-4-9-24-52/h3-46H,1-2H3. The maximum atomic E-state index is 2.47. The van der Waals surface area contributed by atoms with Crippen molar-refractivity contribution in [3.63, 3.8) is 0 Å². The summed E-state index contributed by atoms with van der Waals surface area (Å²) in [5.41, 5.74) is 24.3. The molecule has 0 bridgehead atoms. The van der Waals surface area contributed by atoms with Crippen molar-refractivity contribution in [1.29, 1.82) is 0 Å². The van der Waals surface area contributed by atoms with Crippen LogP contribution in [0.25, 0.3) is 72.0 Å². The van der Waals surface area contributed by atoms with E-state index in [1.54, 1.807) is 0 Å². The Kier molecular flexibility index (Phi) is 9.50. The fourth-order valence-electron chi connectivity index (χ4n) is 12.6. The van der Waals surface area contributed by atoms with E-state index in [9.17, 15) is 0 Å². The Morgan fingerprint density at radius 2 is 0.833 bits per heavy atom. The zero-order valence-corrected chi connectivity index (χ0v) is 40.3. The number of nitrogens with zero attached hydrogens (tertiary/aromatic N) is 2. The molecule has 0 radical (unpaired) electrons. The third-order valence-electron chi connectivity index (χ3n) is 15.9. The second kappa shape index (κ2) is 16.3. The molecule has 0 atom stereocenters. The van der Waals surface area contributed by atoms with E-state index in [0.29, 0.717) is 0 Å². The van der Waals surface area contributed by atoms with Gasteiger partial charge >= 0.3 is 0 Å². The molecule has 72 heavy (non-hydrogen) atoms. The van der Waals surface area contributed by atoms with E-state index in [4.69, 9.17) is 0 Å². The van der Waals surface area contributed by atoms with Crippen molar-refractivity contribution in [3.8, 4) is 50.2 Å². The molecule has 1 heterocycles. The lowest BCUT2D eigenvalue weighted by atomic mass is 9.67. The number of hydrogen-bond donors (Lipinski definition) is 0. The first kappa shape index (κ1) is 41.9. The molecule has 12 aromatic rings. The van der Waals surface area contributed by atoms with Crippen molar-refractivity contribution in [1.82, 2.24) is 4.57 Å². The number of aromatic nitrogens is 1. The van der Waals surface area contributed by atoms with E-state index in [-0.39, 0.29) is 5.41 Å². The minimum absolute atomic E-state index is 0.0417. The summed E-state index contributed by atoms with van der Waals surface area (Å²) >= 11 is 0. The maximum absolute atomic E-state index is 2.47. The zero-order valence-electron chi connectivity index (χ0n) is 40.3. The molecule has 2 aliphatic carbocycles. The van der Waals surface area contributed by atoms with E-state index >= 15 is 0 Å². The van der Waals surface area contributed by atoms with Gasteiger partial charge in [-0.05, 0) is 151 Å². The van der Waals surface area contributed by atoms with Crippen LogP contribution in [0, 0.1) is 0 Å². The van der Waals surface area contributed by atoms with Gasteiger partial charge in [-0.15, -0.1) is 0 Å². The van der Waals surface area contributed by atoms with Crippen molar-refractivity contribution in [2.45, 2.75) is 24.7 Å². The van der Waals surface area contributed by atoms with E-state index in [2.05, 4.69) is 290 Å². The number of para-hydroxylation sites is 2. The van der Waals surface area contributed by atoms with E-state index in [1.165, 1.54) is 99.7 Å². The second-order valence-electron chi connectivity index (χ2n) is 20.0. The highest BCUT2D eigenvalue weighted by Gasteiger charge is 2.46. The molecule has 0 unspecified atom stereocenters. The van der Waals surface area contributed by atoms with Gasteiger partial charge < -0.3 is 9.47 Å². The normalized spacial score (nSPS) is 13.6. The molecular formula is C70H50N2. The smallest absolute Gasteiger partial charge is 0.0714 e. The van der Waals surface area contributed by atoms with Crippen molar-refractivity contribution in [2.75, 3.05) is 4.90 Å². The van der Waals surface area contributed by atoms with Crippen LogP contribution in [0.1, 0.15) is 47.2 Å². The van der Waals surface area contributed by atoms with E-state index < -0.39 is 5.41 Å². The molecule has 0 N–H and O–H groups in total. The van der Waals surface area contributed by atoms with Gasteiger partial charge in [0.15, 0.2) is 0 Å². The second-order valence-corrected chi connectivity index (χ2v) is 20.0. The average molecular weight is 919 g/mol. The minimum Gasteiger partial charge on any atom is -0.310 e. The molecule has 0 saturated heterocycles. The van der Waals surface area contributed by atoms with Gasteiger partial charge in [0.1, 0.15) is 0 Å². The van der Waals surface area contributed by atoms with E-state index in [1.807, 2.05) is 0 Å². The van der Waals surface area contributed by atoms with Gasteiger partial charge in [-0.25, -0.2) is 0 Å². The first-order valence-corrected chi connectivity index (χ1v) is 25.2. The molecule has 0 saturated carbocycles. The van der Waals surface area contributed by atoms with Gasteiger partial charge in [0.25, 0.3) is 0 Å². The van der Waals surface area contributed by atoms with Crippen LogP contribution in [0.15, 0.2) is 267 Å². The topological polar surface area (TPSA) is 8.17 Å². The van der Waals surface area contributed by atoms with Crippen LogP contribution in [0.2, 0.25) is 0 Å². The lowest BCUT2D eigenvalue weighted by molar-refractivity contribution is 0.660. The van der Waals surface area contributed by atoms with Crippen LogP contribution in [0.4, 0.5) is 17.1 Å². The quantitative estimate of drug-likeness (QED) is 0.147. The first-order chi connectivity index (χ1) is 35.5. The van der Waals surface area contributed by atoms with Gasteiger partial charge in [-0.3, -0.25) is 0 Å². The summed E-state index contributed by atoms with van der Waals surface area (Å²) in [6.07, 6.45) is 0. The third kappa shape index (κ3) is 6.28. The molecule has 0 spiro atoms. The summed E-state index contributed by atoms with van der Waals surface area (Å²) in [6.45, 7) is 4.68. The molecule has 0 aliphatic heterocycles. The zero-order chi connectivity index (χ0) is 48.0. The summed E-state index contributed by atoms with van der Waals surface area (Å²) < 4.78 is 2.47. The Hall–Kier alpha value is -8.98. The minimum atomic E-state index is -0.476. The largest absolute Gasteiger partial charge is 0.310 e. The summed E-state index contributed by atoms with van der Waals surface area (Å²) in [7, 11) is 0. The maximum Gasteiger partial charge on any atom is 0.0714 e. The predicted molar refractivity (Wildman–Crippen MR) is 301 cm³/mol. The van der Waals surface area contributed by atoms with Crippen LogP contribution in [-0.4, -0.2) is 4.57 Å². The Morgan fingerprint density at radius 1 is 0.306 bits per heavy atom. The molecule has 14 rings (SSSR count). The molecule has 11 aromatic carbocycles. The van der Waals surface area contributed by atoms with Crippen molar-refractivity contribution < 1.29 is 0 Å². The molecule has 2 aliphatic rings. The lowest BCUT2D eigenvalue weighted by Gasteiger charge is -2.34. The lowest BCUT2D eigenvalue weighted by Crippen LogP contribution is -2.28. The molecule has 340 valence electrons. The van der Waals surface area contributed by atoms with Gasteiger partial charge in [0, 0.05) is 38.9 Å². The van der Waals surface area contributed by atoms with Gasteiger partial charge in [-0.1, -0.05) is 208 Å². The molecular weight excluding hydrogens is 869 g/mol. The number of fused-ring (bicyclic) bond motifs is 9. The Morgan fingerprint density at radius 3 is 1.57 bits per heavy atom. The summed E-state index contributed by atoms with van der Waals surface area (Å²) in [6, 6.07) is 98.9. The highest BCUT2D eigenvalue weighted by molar-refractivity contribution is 6.10. The molecule has 0 fully saturated rings. The molecule has 1 aromatic heterocycles. The summed E-state index contributed by atoms with van der Waals surface area (Å²) in [5, 5.41) is 2.47. The van der Waals surface area contributed by atoms with Crippen molar-refractivity contribution in [2.24, 2.45) is 0 Å². The molecule has 2 nitrogen and oxygen atoms in total. The number of rotatable bonds is 8. The van der Waals surface area contributed by atoms with E-state index in [0.717, 1.165) is 22.7 Å². The van der Waals surface area contributed by atoms with Gasteiger partial charge in [0.2, 0.25) is 0 Å². The fourth-order valence-corrected chi connectivity index (χ4v) is 12.6. The molecule has 0 amide bonds. The van der Waals surface area contributed by atoms with Crippen LogP contribution in [0.5, 0.6) is 0 Å². The van der Waals surface area contributed by atoms with Crippen molar-refractivity contribution in [3.05, 3.63) is 300 Å². The first-order valence-electron chi connectivity index (χ1n) is 25.2. The summed E-state index contributed by atoms with van der Waals surface area (Å²) in [5.74, 6) is 0. The Labute approximate surface area is 421 Å². The predicted octanol–water partition coefficient (Wildman–Crippen LogP) is 18.3. The van der Waals surface area contributed by atoms with Crippen LogP contribution < -0.4 is 4.90 Å². The fraction of sp³-hybridized carbons (Fsp3) is 0.0571. The van der Waals surface area contributed by atoms with Crippen LogP contribution in [0.3, 0.4) is 0 Å². The van der Waals surface area contributed by atoms with Crippen molar-refractivity contribution >= 4 is 38.9 Å². The highest BCUT2D eigenvalue weighted by Crippen LogP contribution is 2.57. The molecule has 2 heteroatoms. The SMILES string of the molecule is CC1(C)c2ccccc2-c2cc(N(c3ccccc3)c3ccc(-c4cccc(-c5ccc6c(c5)c5ccccc5n6-c5ccc6c(c5)C(c5ccccc5)(c5ccccc5)c5ccccc5-6)c4)cc3)ccc21. The summed E-state index contributed by atoms with van der Waals surface area (Å²) in [4.78, 5) is 2.38. The highest BCUT2D eigenvalue weighted by atomic mass is 15.1. The van der Waals surface area contributed by atoms with Crippen LogP contribution >= 0.6 is 0 Å². The van der Waals surface area contributed by atoms with Crippen LogP contribution in [-0.2, 0) is 10.8 Å². The number of benzene rings is 11.